The number of hydrogen-bond donors (Lipinski definition) is 0. The molecular formula is C16H25N3O2. The maximum atomic E-state index is 6.04. The molecule has 1 aliphatic heterocycles. The van der Waals surface area contributed by atoms with E-state index in [4.69, 9.17) is 9.26 Å². The third-order valence-corrected chi connectivity index (χ3v) is 4.77. The van der Waals surface area contributed by atoms with Crippen LogP contribution >= 0.6 is 0 Å². The molecule has 1 saturated heterocycles. The summed E-state index contributed by atoms with van der Waals surface area (Å²) in [5.41, 5.74) is 0. The van der Waals surface area contributed by atoms with Crippen LogP contribution in [0.15, 0.2) is 4.52 Å². The number of likely N-dealkylation sites (tertiary alicyclic amines) is 1. The van der Waals surface area contributed by atoms with E-state index in [0.717, 1.165) is 30.6 Å². The Bertz CT molecular complexity index is 468. The fourth-order valence-electron chi connectivity index (χ4n) is 3.16. The minimum atomic E-state index is 0.396. The molecule has 0 radical (unpaired) electrons. The lowest BCUT2D eigenvalue weighted by Gasteiger charge is -2.32. The van der Waals surface area contributed by atoms with Crippen molar-refractivity contribution in [2.45, 2.75) is 57.0 Å². The SMILES string of the molecule is C1CC(OCCc2noc(C3CC3)n2)CN(CC2CC2)C1. The normalized spacial score (nSPS) is 27.1. The summed E-state index contributed by atoms with van der Waals surface area (Å²) in [6.07, 6.45) is 8.91. The molecule has 1 atom stereocenters. The van der Waals surface area contributed by atoms with Gasteiger partial charge in [0.2, 0.25) is 5.89 Å². The van der Waals surface area contributed by atoms with Gasteiger partial charge < -0.3 is 14.2 Å². The molecule has 0 bridgehead atoms. The number of nitrogens with zero attached hydrogens (tertiary/aromatic N) is 3. The smallest absolute Gasteiger partial charge is 0.229 e. The van der Waals surface area contributed by atoms with Gasteiger partial charge in [-0.25, -0.2) is 0 Å². The van der Waals surface area contributed by atoms with E-state index < -0.39 is 0 Å². The summed E-state index contributed by atoms with van der Waals surface area (Å²) in [6, 6.07) is 0. The lowest BCUT2D eigenvalue weighted by atomic mass is 10.1. The molecule has 2 saturated carbocycles. The Labute approximate surface area is 126 Å². The second-order valence-corrected chi connectivity index (χ2v) is 6.91. The third-order valence-electron chi connectivity index (χ3n) is 4.77. The Hall–Kier alpha value is -0.940. The van der Waals surface area contributed by atoms with Crippen LogP contribution < -0.4 is 0 Å². The highest BCUT2D eigenvalue weighted by molar-refractivity contribution is 5.01. The molecule has 3 fully saturated rings. The van der Waals surface area contributed by atoms with Gasteiger partial charge in [0.25, 0.3) is 0 Å². The van der Waals surface area contributed by atoms with Crippen molar-refractivity contribution in [3.8, 4) is 0 Å². The first kappa shape index (κ1) is 13.7. The standard InChI is InChI=1S/C16H25N3O2/c1-2-14(11-19(8-1)10-12-3-4-12)20-9-7-15-17-16(21-18-15)13-5-6-13/h12-14H,1-11H2. The van der Waals surface area contributed by atoms with E-state index >= 15 is 0 Å². The van der Waals surface area contributed by atoms with Gasteiger partial charge in [0.15, 0.2) is 5.82 Å². The Morgan fingerprint density at radius 3 is 2.90 bits per heavy atom. The molecule has 0 N–H and O–H groups in total. The monoisotopic (exact) mass is 291 g/mol. The van der Waals surface area contributed by atoms with Crippen molar-refractivity contribution in [3.63, 3.8) is 0 Å². The number of rotatable bonds is 7. The highest BCUT2D eigenvalue weighted by Crippen LogP contribution is 2.38. The molecule has 3 aliphatic rings. The first-order valence-electron chi connectivity index (χ1n) is 8.53. The van der Waals surface area contributed by atoms with E-state index in [1.165, 1.54) is 51.6 Å². The van der Waals surface area contributed by atoms with Crippen molar-refractivity contribution in [2.75, 3.05) is 26.2 Å². The van der Waals surface area contributed by atoms with Gasteiger partial charge in [-0.15, -0.1) is 0 Å². The van der Waals surface area contributed by atoms with E-state index in [-0.39, 0.29) is 0 Å². The first-order chi connectivity index (χ1) is 10.4. The first-order valence-corrected chi connectivity index (χ1v) is 8.53. The van der Waals surface area contributed by atoms with Crippen LogP contribution in [0.25, 0.3) is 0 Å². The number of hydrogen-bond acceptors (Lipinski definition) is 5. The van der Waals surface area contributed by atoms with Crippen LogP contribution in [0.4, 0.5) is 0 Å². The molecule has 0 aromatic carbocycles. The summed E-state index contributed by atoms with van der Waals surface area (Å²) in [4.78, 5) is 7.04. The highest BCUT2D eigenvalue weighted by atomic mass is 16.5. The summed E-state index contributed by atoms with van der Waals surface area (Å²) >= 11 is 0. The zero-order valence-corrected chi connectivity index (χ0v) is 12.7. The molecule has 116 valence electrons. The van der Waals surface area contributed by atoms with Gasteiger partial charge in [-0.1, -0.05) is 5.16 Å². The minimum Gasteiger partial charge on any atom is -0.376 e. The van der Waals surface area contributed by atoms with Gasteiger partial charge in [-0.2, -0.15) is 4.98 Å². The van der Waals surface area contributed by atoms with Crippen molar-refractivity contribution in [3.05, 3.63) is 11.7 Å². The van der Waals surface area contributed by atoms with Crippen LogP contribution in [0, 0.1) is 5.92 Å². The number of ether oxygens (including phenoxy) is 1. The lowest BCUT2D eigenvalue weighted by molar-refractivity contribution is -0.000630. The Kier molecular flexibility index (Phi) is 3.95. The van der Waals surface area contributed by atoms with E-state index in [1.807, 2.05) is 0 Å². The van der Waals surface area contributed by atoms with Crippen molar-refractivity contribution >= 4 is 0 Å². The molecule has 2 heterocycles. The van der Waals surface area contributed by atoms with Crippen molar-refractivity contribution in [1.29, 1.82) is 0 Å². The van der Waals surface area contributed by atoms with Crippen LogP contribution in [-0.4, -0.2) is 47.4 Å². The maximum Gasteiger partial charge on any atom is 0.229 e. The summed E-state index contributed by atoms with van der Waals surface area (Å²) in [5.74, 6) is 3.16. The molecule has 5 heteroatoms. The Morgan fingerprint density at radius 1 is 1.19 bits per heavy atom. The molecule has 0 spiro atoms. The van der Waals surface area contributed by atoms with Crippen LogP contribution in [0.2, 0.25) is 0 Å². The summed E-state index contributed by atoms with van der Waals surface area (Å²) < 4.78 is 11.3. The molecule has 1 aromatic heterocycles. The molecule has 21 heavy (non-hydrogen) atoms. The largest absolute Gasteiger partial charge is 0.376 e. The fraction of sp³-hybridized carbons (Fsp3) is 0.875. The molecule has 5 nitrogen and oxygen atoms in total. The quantitative estimate of drug-likeness (QED) is 0.772. The van der Waals surface area contributed by atoms with Gasteiger partial charge in [0, 0.05) is 25.4 Å². The molecule has 2 aliphatic carbocycles. The van der Waals surface area contributed by atoms with E-state index in [1.54, 1.807) is 0 Å². The second kappa shape index (κ2) is 6.05. The molecule has 1 aromatic rings. The van der Waals surface area contributed by atoms with Crippen LogP contribution in [0.5, 0.6) is 0 Å². The topological polar surface area (TPSA) is 51.4 Å². The lowest BCUT2D eigenvalue weighted by Crippen LogP contribution is -2.40. The molecular weight excluding hydrogens is 266 g/mol. The van der Waals surface area contributed by atoms with Crippen molar-refractivity contribution in [2.24, 2.45) is 5.92 Å². The number of aromatic nitrogens is 2. The van der Waals surface area contributed by atoms with Gasteiger partial charge in [-0.05, 0) is 51.0 Å². The van der Waals surface area contributed by atoms with Crippen molar-refractivity contribution < 1.29 is 9.26 Å². The van der Waals surface area contributed by atoms with Crippen LogP contribution in [-0.2, 0) is 11.2 Å². The zero-order valence-electron chi connectivity index (χ0n) is 12.7. The second-order valence-electron chi connectivity index (χ2n) is 6.91. The predicted molar refractivity (Wildman–Crippen MR) is 78.1 cm³/mol. The third kappa shape index (κ3) is 3.83. The van der Waals surface area contributed by atoms with E-state index in [2.05, 4.69) is 15.0 Å². The average Bonchev–Trinajstić information content (AvgIpc) is 3.41. The minimum absolute atomic E-state index is 0.396. The molecule has 1 unspecified atom stereocenters. The van der Waals surface area contributed by atoms with Crippen LogP contribution in [0.3, 0.4) is 0 Å². The van der Waals surface area contributed by atoms with Gasteiger partial charge in [0.1, 0.15) is 0 Å². The number of piperidine rings is 1. The Balaban J connectivity index is 1.18. The molecule has 4 rings (SSSR count). The van der Waals surface area contributed by atoms with Crippen molar-refractivity contribution in [1.82, 2.24) is 15.0 Å². The summed E-state index contributed by atoms with van der Waals surface area (Å²) in [6.45, 7) is 4.36. The van der Waals surface area contributed by atoms with E-state index in [9.17, 15) is 0 Å². The average molecular weight is 291 g/mol. The zero-order chi connectivity index (χ0) is 14.1. The summed E-state index contributed by atoms with van der Waals surface area (Å²) in [5, 5.41) is 4.05. The van der Waals surface area contributed by atoms with Gasteiger partial charge >= 0.3 is 0 Å². The molecule has 0 amide bonds. The van der Waals surface area contributed by atoms with Crippen LogP contribution in [0.1, 0.15) is 56.2 Å². The Morgan fingerprint density at radius 2 is 2.10 bits per heavy atom. The maximum absolute atomic E-state index is 6.04. The van der Waals surface area contributed by atoms with Gasteiger partial charge in [-0.3, -0.25) is 0 Å². The highest BCUT2D eigenvalue weighted by Gasteiger charge is 2.30. The predicted octanol–water partition coefficient (Wildman–Crippen LogP) is 2.38. The fourth-order valence-corrected chi connectivity index (χ4v) is 3.16. The van der Waals surface area contributed by atoms with Gasteiger partial charge in [0.05, 0.1) is 12.7 Å². The van der Waals surface area contributed by atoms with E-state index in [0.29, 0.717) is 18.6 Å². The summed E-state index contributed by atoms with van der Waals surface area (Å²) in [7, 11) is 0.